The molecule has 0 unspecified atom stereocenters. The van der Waals surface area contributed by atoms with Crippen molar-refractivity contribution in [3.05, 3.63) is 170 Å². The van der Waals surface area contributed by atoms with Crippen molar-refractivity contribution in [2.45, 2.75) is 0 Å². The van der Waals surface area contributed by atoms with Crippen LogP contribution in [-0.2, 0) is 0 Å². The van der Waals surface area contributed by atoms with E-state index in [1.54, 1.807) is 0 Å². The lowest BCUT2D eigenvalue weighted by Gasteiger charge is -2.21. The molecule has 0 fully saturated rings. The summed E-state index contributed by atoms with van der Waals surface area (Å²) < 4.78 is 6.36. The minimum atomic E-state index is 0.938. The van der Waals surface area contributed by atoms with E-state index in [0.717, 1.165) is 11.2 Å². The van der Waals surface area contributed by atoms with Crippen molar-refractivity contribution in [3.8, 4) is 33.4 Å². The van der Waals surface area contributed by atoms with Crippen LogP contribution in [0.5, 0.6) is 0 Å². The van der Waals surface area contributed by atoms with Gasteiger partial charge in [0.25, 0.3) is 0 Å². The summed E-state index contributed by atoms with van der Waals surface area (Å²) in [7, 11) is 0. The van der Waals surface area contributed by atoms with Gasteiger partial charge in [-0.05, 0) is 112 Å². The van der Waals surface area contributed by atoms with Gasteiger partial charge in [0.2, 0.25) is 0 Å². The summed E-state index contributed by atoms with van der Waals surface area (Å²) in [5.41, 5.74) is 9.34. The van der Waals surface area contributed by atoms with E-state index >= 15 is 0 Å². The second-order valence-electron chi connectivity index (χ2n) is 13.2. The summed E-state index contributed by atoms with van der Waals surface area (Å²) in [6.45, 7) is 0. The first kappa shape index (κ1) is 26.6. The Labute approximate surface area is 282 Å². The number of hydrogen-bond acceptors (Lipinski definition) is 1. The molecule has 0 amide bonds. The van der Waals surface area contributed by atoms with E-state index in [4.69, 9.17) is 4.42 Å². The maximum absolute atomic E-state index is 6.36. The van der Waals surface area contributed by atoms with Crippen molar-refractivity contribution in [1.82, 2.24) is 0 Å². The van der Waals surface area contributed by atoms with Crippen LogP contribution < -0.4 is 0 Å². The number of fused-ring (bicyclic) bond motifs is 5. The highest BCUT2D eigenvalue weighted by Crippen LogP contribution is 2.49. The zero-order valence-electron chi connectivity index (χ0n) is 26.6. The fourth-order valence-electron chi connectivity index (χ4n) is 8.51. The minimum absolute atomic E-state index is 0.938. The molecule has 10 aromatic carbocycles. The number of furan rings is 1. The van der Waals surface area contributed by atoms with Gasteiger partial charge < -0.3 is 4.42 Å². The molecule has 0 N–H and O–H groups in total. The third-order valence-corrected chi connectivity index (χ3v) is 10.6. The largest absolute Gasteiger partial charge is 0.456 e. The Morgan fingerprint density at radius 3 is 1.53 bits per heavy atom. The molecule has 11 rings (SSSR count). The summed E-state index contributed by atoms with van der Waals surface area (Å²) in [4.78, 5) is 0. The van der Waals surface area contributed by atoms with Gasteiger partial charge >= 0.3 is 0 Å². The quantitative estimate of drug-likeness (QED) is 0.141. The maximum atomic E-state index is 6.36. The molecule has 0 atom stereocenters. The molecule has 1 aromatic heterocycles. The monoisotopic (exact) mass is 620 g/mol. The second-order valence-corrected chi connectivity index (χ2v) is 13.2. The van der Waals surface area contributed by atoms with Crippen LogP contribution >= 0.6 is 0 Å². The lowest BCUT2D eigenvalue weighted by atomic mass is 9.82. The Kier molecular flexibility index (Phi) is 5.45. The fourth-order valence-corrected chi connectivity index (χ4v) is 8.51. The van der Waals surface area contributed by atoms with Gasteiger partial charge in [-0.25, -0.2) is 0 Å². The average Bonchev–Trinajstić information content (AvgIpc) is 3.56. The van der Waals surface area contributed by atoms with Crippen molar-refractivity contribution in [2.75, 3.05) is 0 Å². The molecule has 1 nitrogen and oxygen atoms in total. The van der Waals surface area contributed by atoms with Crippen molar-refractivity contribution >= 4 is 75.8 Å². The van der Waals surface area contributed by atoms with Crippen LogP contribution in [0.25, 0.3) is 109 Å². The molecule has 0 saturated heterocycles. The van der Waals surface area contributed by atoms with Crippen molar-refractivity contribution < 1.29 is 4.42 Å². The summed E-state index contributed by atoms with van der Waals surface area (Å²) in [5.74, 6) is 0. The van der Waals surface area contributed by atoms with E-state index in [0.29, 0.717) is 0 Å². The van der Waals surface area contributed by atoms with Crippen molar-refractivity contribution in [3.63, 3.8) is 0 Å². The molecule has 0 spiro atoms. The van der Waals surface area contributed by atoms with Gasteiger partial charge in [-0.1, -0.05) is 146 Å². The van der Waals surface area contributed by atoms with E-state index in [1.807, 2.05) is 0 Å². The Balaban J connectivity index is 1.24. The van der Waals surface area contributed by atoms with Crippen molar-refractivity contribution in [2.24, 2.45) is 0 Å². The summed E-state index contributed by atoms with van der Waals surface area (Å²) in [6, 6.07) is 62.2. The highest BCUT2D eigenvalue weighted by molar-refractivity contribution is 6.30. The van der Waals surface area contributed by atoms with Crippen LogP contribution in [0, 0.1) is 0 Å². The van der Waals surface area contributed by atoms with E-state index < -0.39 is 0 Å². The van der Waals surface area contributed by atoms with Gasteiger partial charge in [-0.15, -0.1) is 0 Å². The topological polar surface area (TPSA) is 13.1 Å². The first-order chi connectivity index (χ1) is 24.3. The molecule has 0 saturated carbocycles. The smallest absolute Gasteiger partial charge is 0.136 e. The van der Waals surface area contributed by atoms with Gasteiger partial charge in [0.05, 0.1) is 0 Å². The molecule has 0 bridgehead atoms. The molecule has 11 aromatic rings. The molecule has 0 aliphatic rings. The number of rotatable bonds is 3. The van der Waals surface area contributed by atoms with Crippen molar-refractivity contribution in [1.29, 1.82) is 0 Å². The molecule has 0 radical (unpaired) electrons. The highest BCUT2D eigenvalue weighted by Gasteiger charge is 2.22. The van der Waals surface area contributed by atoms with Crippen LogP contribution in [0.15, 0.2) is 174 Å². The highest BCUT2D eigenvalue weighted by atomic mass is 16.3. The van der Waals surface area contributed by atoms with E-state index in [2.05, 4.69) is 170 Å². The van der Waals surface area contributed by atoms with Crippen LogP contribution in [-0.4, -0.2) is 0 Å². The average molecular weight is 621 g/mol. The standard InChI is InChI=1S/C48H28O/c1-2-13-33-29(11-1)23-24-30-25-26-31(27-41(30)33)34-14-3-4-15-35(34)46-36-16-5-7-18-38(36)47(39-19-8-6-17-37(39)46)42-28-32-12-9-21-43-45(32)48-40(42)20-10-22-44(48)49-43/h1-28H. The van der Waals surface area contributed by atoms with E-state index in [9.17, 15) is 0 Å². The zero-order chi connectivity index (χ0) is 32.1. The molecule has 226 valence electrons. The second kappa shape index (κ2) is 10.0. The van der Waals surface area contributed by atoms with E-state index in [1.165, 1.54) is 98.0 Å². The zero-order valence-corrected chi connectivity index (χ0v) is 26.6. The lowest BCUT2D eigenvalue weighted by molar-refractivity contribution is 0.669. The first-order valence-corrected chi connectivity index (χ1v) is 16.9. The summed E-state index contributed by atoms with van der Waals surface area (Å²) in [5, 5.41) is 14.9. The summed E-state index contributed by atoms with van der Waals surface area (Å²) in [6.07, 6.45) is 0. The maximum Gasteiger partial charge on any atom is 0.136 e. The summed E-state index contributed by atoms with van der Waals surface area (Å²) >= 11 is 0. The third kappa shape index (κ3) is 3.76. The first-order valence-electron chi connectivity index (χ1n) is 16.9. The Morgan fingerprint density at radius 1 is 0.286 bits per heavy atom. The van der Waals surface area contributed by atoms with Gasteiger partial charge in [-0.3, -0.25) is 0 Å². The predicted molar refractivity (Wildman–Crippen MR) is 209 cm³/mol. The molecular weight excluding hydrogens is 593 g/mol. The SMILES string of the molecule is c1ccc(-c2c3ccccc3c(-c3cc4cccc5oc6cccc3c6c45)c3ccccc23)c(-c2ccc3ccc4ccccc4c3c2)c1. The fraction of sp³-hybridized carbons (Fsp3) is 0. The molecule has 0 aliphatic heterocycles. The Hall–Kier alpha value is -6.44. The van der Waals surface area contributed by atoms with Crippen LogP contribution in [0.1, 0.15) is 0 Å². The van der Waals surface area contributed by atoms with Gasteiger partial charge in [0.15, 0.2) is 0 Å². The Morgan fingerprint density at radius 2 is 0.796 bits per heavy atom. The minimum Gasteiger partial charge on any atom is -0.456 e. The Bertz CT molecular complexity index is 3050. The third-order valence-electron chi connectivity index (χ3n) is 10.6. The van der Waals surface area contributed by atoms with Gasteiger partial charge in [0.1, 0.15) is 11.2 Å². The number of hydrogen-bond donors (Lipinski definition) is 0. The van der Waals surface area contributed by atoms with Crippen LogP contribution in [0.2, 0.25) is 0 Å². The molecule has 49 heavy (non-hydrogen) atoms. The predicted octanol–water partition coefficient (Wildman–Crippen LogP) is 13.8. The molecule has 1 heteroatoms. The van der Waals surface area contributed by atoms with E-state index in [-0.39, 0.29) is 0 Å². The molecule has 0 aliphatic carbocycles. The lowest BCUT2D eigenvalue weighted by Crippen LogP contribution is -1.93. The molecular formula is C48H28O. The normalized spacial score (nSPS) is 12.1. The van der Waals surface area contributed by atoms with Gasteiger partial charge in [-0.2, -0.15) is 0 Å². The van der Waals surface area contributed by atoms with Crippen LogP contribution in [0.3, 0.4) is 0 Å². The number of benzene rings is 10. The van der Waals surface area contributed by atoms with Gasteiger partial charge in [0, 0.05) is 10.8 Å². The van der Waals surface area contributed by atoms with Crippen LogP contribution in [0.4, 0.5) is 0 Å². The molecule has 1 heterocycles.